The topological polar surface area (TPSA) is 26.7 Å². The van der Waals surface area contributed by atoms with E-state index < -0.39 is 0 Å². The maximum absolute atomic E-state index is 9.74. The first-order chi connectivity index (χ1) is 8.61. The predicted octanol–water partition coefficient (Wildman–Crippen LogP) is 1.58. The van der Waals surface area contributed by atoms with Crippen LogP contribution in [-0.4, -0.2) is 54.7 Å². The van der Waals surface area contributed by atoms with Gasteiger partial charge in [0.05, 0.1) is 12.6 Å². The lowest BCUT2D eigenvalue weighted by molar-refractivity contribution is 0.0745. The van der Waals surface area contributed by atoms with Gasteiger partial charge in [0.25, 0.3) is 0 Å². The van der Waals surface area contributed by atoms with Crippen LogP contribution in [-0.2, 0) is 0 Å². The number of hydrogen-bond donors (Lipinski definition) is 1. The van der Waals surface area contributed by atoms with Crippen molar-refractivity contribution < 1.29 is 5.11 Å². The van der Waals surface area contributed by atoms with Gasteiger partial charge in [-0.25, -0.2) is 0 Å². The predicted molar refractivity (Wildman–Crippen MR) is 74.8 cm³/mol. The summed E-state index contributed by atoms with van der Waals surface area (Å²) in [5, 5.41) is 9.74. The van der Waals surface area contributed by atoms with Crippen LogP contribution in [0.2, 0.25) is 0 Å². The molecular weight excluding hydrogens is 224 g/mol. The number of aliphatic hydroxyl groups excluding tert-OH is 1. The molecule has 0 spiro atoms. The van der Waals surface area contributed by atoms with E-state index in [1.54, 1.807) is 0 Å². The molecule has 1 fully saturated rings. The fourth-order valence-electron chi connectivity index (χ4n) is 2.74. The number of piperazine rings is 1. The third-order valence-corrected chi connectivity index (χ3v) is 3.94. The van der Waals surface area contributed by atoms with Crippen molar-refractivity contribution >= 4 is 0 Å². The maximum atomic E-state index is 9.74. The molecule has 0 aromatic heterocycles. The van der Waals surface area contributed by atoms with Crippen molar-refractivity contribution in [3.63, 3.8) is 0 Å². The molecule has 100 valence electrons. The van der Waals surface area contributed by atoms with Crippen molar-refractivity contribution in [3.8, 4) is 0 Å². The van der Waals surface area contributed by atoms with E-state index >= 15 is 0 Å². The van der Waals surface area contributed by atoms with Crippen LogP contribution in [0.15, 0.2) is 18.2 Å². The van der Waals surface area contributed by atoms with Gasteiger partial charge in [-0.1, -0.05) is 23.8 Å². The van der Waals surface area contributed by atoms with Gasteiger partial charge in [0.1, 0.15) is 0 Å². The molecule has 3 nitrogen and oxygen atoms in total. The number of aliphatic hydroxyl groups is 1. The smallest absolute Gasteiger partial charge is 0.0628 e. The Morgan fingerprint density at radius 2 is 1.83 bits per heavy atom. The minimum atomic E-state index is 0.152. The Hall–Kier alpha value is -0.900. The summed E-state index contributed by atoms with van der Waals surface area (Å²) in [6.45, 7) is 8.70. The monoisotopic (exact) mass is 248 g/mol. The number of nitrogens with zero attached hydrogens (tertiary/aromatic N) is 2. The SMILES string of the molecule is Cc1ccc(C(CO)N2CCN(C)CC2)c(C)c1. The molecule has 1 unspecified atom stereocenters. The van der Waals surface area contributed by atoms with Gasteiger partial charge in [-0.05, 0) is 32.0 Å². The molecule has 1 aliphatic rings. The first-order valence-corrected chi connectivity index (χ1v) is 6.72. The van der Waals surface area contributed by atoms with Crippen molar-refractivity contribution in [2.24, 2.45) is 0 Å². The van der Waals surface area contributed by atoms with Crippen LogP contribution in [0.4, 0.5) is 0 Å². The molecule has 1 atom stereocenters. The lowest BCUT2D eigenvalue weighted by atomic mass is 9.98. The molecule has 0 aliphatic carbocycles. The summed E-state index contributed by atoms with van der Waals surface area (Å²) in [6.07, 6.45) is 0. The Balaban J connectivity index is 2.17. The summed E-state index contributed by atoms with van der Waals surface area (Å²) < 4.78 is 0. The van der Waals surface area contributed by atoms with E-state index in [4.69, 9.17) is 0 Å². The Bertz CT molecular complexity index is 397. The standard InChI is InChI=1S/C15H24N2O/c1-12-4-5-14(13(2)10-12)15(11-18)17-8-6-16(3)7-9-17/h4-5,10,15,18H,6-9,11H2,1-3H3. The second-order valence-electron chi connectivity index (χ2n) is 5.40. The van der Waals surface area contributed by atoms with E-state index in [2.05, 4.69) is 48.9 Å². The van der Waals surface area contributed by atoms with E-state index in [9.17, 15) is 5.11 Å². The zero-order valence-electron chi connectivity index (χ0n) is 11.7. The quantitative estimate of drug-likeness (QED) is 0.880. The number of hydrogen-bond acceptors (Lipinski definition) is 3. The highest BCUT2D eigenvalue weighted by Crippen LogP contribution is 2.25. The Kier molecular flexibility index (Phi) is 4.38. The normalized spacial score (nSPS) is 20.0. The summed E-state index contributed by atoms with van der Waals surface area (Å²) in [5.74, 6) is 0. The summed E-state index contributed by atoms with van der Waals surface area (Å²) in [4.78, 5) is 4.74. The van der Waals surface area contributed by atoms with Crippen LogP contribution in [0.1, 0.15) is 22.7 Å². The molecule has 1 saturated heterocycles. The average Bonchev–Trinajstić information content (AvgIpc) is 2.35. The Labute approximate surface area is 110 Å². The van der Waals surface area contributed by atoms with Crippen molar-refractivity contribution in [1.29, 1.82) is 0 Å². The van der Waals surface area contributed by atoms with Gasteiger partial charge in [0.15, 0.2) is 0 Å². The highest BCUT2D eigenvalue weighted by atomic mass is 16.3. The van der Waals surface area contributed by atoms with E-state index in [-0.39, 0.29) is 12.6 Å². The van der Waals surface area contributed by atoms with Gasteiger partial charge in [0, 0.05) is 26.2 Å². The number of likely N-dealkylation sites (N-methyl/N-ethyl adjacent to an activating group) is 1. The molecule has 0 saturated carbocycles. The van der Waals surface area contributed by atoms with Crippen LogP contribution in [0.5, 0.6) is 0 Å². The van der Waals surface area contributed by atoms with Crippen LogP contribution < -0.4 is 0 Å². The van der Waals surface area contributed by atoms with Crippen molar-refractivity contribution in [3.05, 3.63) is 34.9 Å². The zero-order chi connectivity index (χ0) is 13.1. The van der Waals surface area contributed by atoms with Crippen molar-refractivity contribution in [1.82, 2.24) is 9.80 Å². The molecule has 0 bridgehead atoms. The van der Waals surface area contributed by atoms with Crippen LogP contribution >= 0.6 is 0 Å². The third-order valence-electron chi connectivity index (χ3n) is 3.94. The van der Waals surface area contributed by atoms with Crippen molar-refractivity contribution in [2.45, 2.75) is 19.9 Å². The lowest BCUT2D eigenvalue weighted by Crippen LogP contribution is -2.46. The van der Waals surface area contributed by atoms with E-state index in [1.165, 1.54) is 16.7 Å². The fourth-order valence-corrected chi connectivity index (χ4v) is 2.74. The second kappa shape index (κ2) is 5.83. The molecule has 0 amide bonds. The Morgan fingerprint density at radius 1 is 1.17 bits per heavy atom. The molecule has 1 aromatic carbocycles. The van der Waals surface area contributed by atoms with Gasteiger partial charge < -0.3 is 10.0 Å². The van der Waals surface area contributed by atoms with Crippen LogP contribution in [0, 0.1) is 13.8 Å². The van der Waals surface area contributed by atoms with E-state index in [0.717, 1.165) is 26.2 Å². The van der Waals surface area contributed by atoms with Gasteiger partial charge in [0.2, 0.25) is 0 Å². The summed E-state index contributed by atoms with van der Waals surface area (Å²) >= 11 is 0. The minimum Gasteiger partial charge on any atom is -0.394 e. The van der Waals surface area contributed by atoms with Gasteiger partial charge in [-0.3, -0.25) is 4.90 Å². The summed E-state index contributed by atoms with van der Waals surface area (Å²) in [5.41, 5.74) is 3.84. The third kappa shape index (κ3) is 2.91. The molecule has 1 heterocycles. The summed E-state index contributed by atoms with van der Waals surface area (Å²) in [7, 11) is 2.16. The average molecular weight is 248 g/mol. The first kappa shape index (κ1) is 13.5. The maximum Gasteiger partial charge on any atom is 0.0628 e. The summed E-state index contributed by atoms with van der Waals surface area (Å²) in [6, 6.07) is 6.67. The Morgan fingerprint density at radius 3 is 2.39 bits per heavy atom. The largest absolute Gasteiger partial charge is 0.394 e. The molecule has 2 rings (SSSR count). The van der Waals surface area contributed by atoms with E-state index in [1.807, 2.05) is 0 Å². The van der Waals surface area contributed by atoms with Gasteiger partial charge in [-0.2, -0.15) is 0 Å². The molecule has 1 N–H and O–H groups in total. The molecule has 0 radical (unpaired) electrons. The number of benzene rings is 1. The molecule has 1 aromatic rings. The van der Waals surface area contributed by atoms with Crippen LogP contribution in [0.25, 0.3) is 0 Å². The number of rotatable bonds is 3. The lowest BCUT2D eigenvalue weighted by Gasteiger charge is -2.38. The second-order valence-corrected chi connectivity index (χ2v) is 5.40. The van der Waals surface area contributed by atoms with E-state index in [0.29, 0.717) is 0 Å². The van der Waals surface area contributed by atoms with Gasteiger partial charge in [-0.15, -0.1) is 0 Å². The number of aryl methyl sites for hydroxylation is 2. The molecule has 1 aliphatic heterocycles. The molecular formula is C15H24N2O. The minimum absolute atomic E-state index is 0.152. The first-order valence-electron chi connectivity index (χ1n) is 6.72. The van der Waals surface area contributed by atoms with Crippen LogP contribution in [0.3, 0.4) is 0 Å². The van der Waals surface area contributed by atoms with Gasteiger partial charge >= 0.3 is 0 Å². The van der Waals surface area contributed by atoms with Crippen molar-refractivity contribution in [2.75, 3.05) is 39.8 Å². The molecule has 3 heteroatoms. The highest BCUT2D eigenvalue weighted by Gasteiger charge is 2.24. The zero-order valence-corrected chi connectivity index (χ0v) is 11.7. The highest BCUT2D eigenvalue weighted by molar-refractivity contribution is 5.33. The molecule has 18 heavy (non-hydrogen) atoms. The fraction of sp³-hybridized carbons (Fsp3) is 0.600.